The Morgan fingerprint density at radius 2 is 1.85 bits per heavy atom. The van der Waals surface area contributed by atoms with Gasteiger partial charge in [-0.15, -0.1) is 0 Å². The first-order valence-electron chi connectivity index (χ1n) is 11.2. The Morgan fingerprint density at radius 3 is 2.56 bits per heavy atom. The fraction of sp³-hybridized carbons (Fsp3) is 0.148. The number of hydrogen-bond donors (Lipinski definition) is 2. The second kappa shape index (κ2) is 9.11. The van der Waals surface area contributed by atoms with Crippen LogP contribution >= 0.6 is 12.2 Å². The molecule has 34 heavy (non-hydrogen) atoms. The van der Waals surface area contributed by atoms with Crippen LogP contribution < -0.4 is 10.2 Å². The van der Waals surface area contributed by atoms with Crippen LogP contribution in [-0.2, 0) is 6.42 Å². The van der Waals surface area contributed by atoms with E-state index in [0.29, 0.717) is 5.11 Å². The number of carboxylic acid groups (broad SMARTS) is 1. The summed E-state index contributed by atoms with van der Waals surface area (Å²) in [7, 11) is 0. The maximum atomic E-state index is 11.6. The molecule has 4 aromatic rings. The Hall–Kier alpha value is -3.97. The van der Waals surface area contributed by atoms with Crippen LogP contribution in [0.3, 0.4) is 0 Å². The Balaban J connectivity index is 1.65. The summed E-state index contributed by atoms with van der Waals surface area (Å²) in [6, 6.07) is 24.9. The molecule has 0 amide bonds. The first-order chi connectivity index (χ1) is 16.6. The molecule has 1 saturated heterocycles. The smallest absolute Gasteiger partial charge is 0.335 e. The minimum atomic E-state index is -0.955. The number of rotatable bonds is 6. The van der Waals surface area contributed by atoms with E-state index in [2.05, 4.69) is 52.5 Å². The minimum absolute atomic E-state index is 0.184. The molecule has 0 aliphatic carbocycles. The molecule has 7 heteroatoms. The summed E-state index contributed by atoms with van der Waals surface area (Å²) in [5.74, 6) is -0.955. The van der Waals surface area contributed by atoms with Gasteiger partial charge in [0.15, 0.2) is 5.11 Å². The lowest BCUT2D eigenvalue weighted by molar-refractivity contribution is 0.0697. The first kappa shape index (κ1) is 21.9. The highest BCUT2D eigenvalue weighted by molar-refractivity contribution is 7.80. The zero-order chi connectivity index (χ0) is 23.7. The summed E-state index contributed by atoms with van der Waals surface area (Å²) < 4.78 is 2.02. The Bertz CT molecular complexity index is 1330. The second-order valence-corrected chi connectivity index (χ2v) is 8.56. The largest absolute Gasteiger partial charge is 0.478 e. The number of pyridine rings is 1. The number of aryl methyl sites for hydroxylation is 1. The van der Waals surface area contributed by atoms with Crippen molar-refractivity contribution >= 4 is 29.0 Å². The molecule has 0 saturated carbocycles. The third-order valence-corrected chi connectivity index (χ3v) is 6.49. The highest BCUT2D eigenvalue weighted by Crippen LogP contribution is 2.42. The molecule has 5 rings (SSSR count). The molecule has 2 aromatic carbocycles. The van der Waals surface area contributed by atoms with E-state index < -0.39 is 5.97 Å². The highest BCUT2D eigenvalue weighted by atomic mass is 32.1. The molecule has 0 radical (unpaired) electrons. The van der Waals surface area contributed by atoms with E-state index in [-0.39, 0.29) is 17.6 Å². The predicted molar refractivity (Wildman–Crippen MR) is 136 cm³/mol. The van der Waals surface area contributed by atoms with Crippen molar-refractivity contribution in [1.29, 1.82) is 0 Å². The SMILES string of the molecule is CCc1ccc(N2C(=S)NC(c3ccccn3)C2c2cccn2-c2cccc(C(=O)O)c2)cc1. The van der Waals surface area contributed by atoms with E-state index in [1.807, 2.05) is 41.1 Å². The van der Waals surface area contributed by atoms with Gasteiger partial charge in [-0.3, -0.25) is 4.98 Å². The lowest BCUT2D eigenvalue weighted by Gasteiger charge is -2.29. The molecule has 0 spiro atoms. The van der Waals surface area contributed by atoms with E-state index in [9.17, 15) is 9.90 Å². The Morgan fingerprint density at radius 1 is 1.03 bits per heavy atom. The first-order valence-corrected chi connectivity index (χ1v) is 11.6. The molecular formula is C27H24N4O2S. The number of thiocarbonyl (C=S) groups is 1. The molecule has 6 nitrogen and oxygen atoms in total. The standard InChI is InChI=1S/C27H24N4O2S/c1-2-18-11-13-20(14-12-18)31-25(24(29-27(31)34)22-9-3-4-15-28-22)23-10-6-16-30(23)21-8-5-7-19(17-21)26(32)33/h3-17,24-25H,2H2,1H3,(H,29,34)(H,32,33). The number of nitrogens with one attached hydrogen (secondary N) is 1. The van der Waals surface area contributed by atoms with E-state index >= 15 is 0 Å². The molecule has 3 heterocycles. The van der Waals surface area contributed by atoms with Crippen molar-refractivity contribution in [2.24, 2.45) is 0 Å². The van der Waals surface area contributed by atoms with Crippen LogP contribution in [0.4, 0.5) is 5.69 Å². The van der Waals surface area contributed by atoms with Gasteiger partial charge in [0.1, 0.15) is 6.04 Å². The van der Waals surface area contributed by atoms with Gasteiger partial charge in [-0.1, -0.05) is 31.2 Å². The molecule has 0 bridgehead atoms. The molecule has 1 aliphatic heterocycles. The molecule has 1 aliphatic rings. The van der Waals surface area contributed by atoms with Crippen molar-refractivity contribution < 1.29 is 9.90 Å². The van der Waals surface area contributed by atoms with Crippen molar-refractivity contribution in [2.45, 2.75) is 25.4 Å². The number of aromatic carboxylic acids is 1. The summed E-state index contributed by atoms with van der Waals surface area (Å²) in [6.07, 6.45) is 4.70. The number of nitrogens with zero attached hydrogens (tertiary/aromatic N) is 3. The normalized spacial score (nSPS) is 17.6. The summed E-state index contributed by atoms with van der Waals surface area (Å²) >= 11 is 5.83. The maximum Gasteiger partial charge on any atom is 0.335 e. The zero-order valence-electron chi connectivity index (χ0n) is 18.6. The van der Waals surface area contributed by atoms with Crippen LogP contribution in [0.1, 0.15) is 46.3 Å². The van der Waals surface area contributed by atoms with Crippen LogP contribution in [0.25, 0.3) is 5.69 Å². The van der Waals surface area contributed by atoms with E-state index in [4.69, 9.17) is 12.2 Å². The number of aromatic nitrogens is 2. The highest BCUT2D eigenvalue weighted by Gasteiger charge is 2.42. The summed E-state index contributed by atoms with van der Waals surface area (Å²) in [5, 5.41) is 13.6. The van der Waals surface area contributed by atoms with Crippen molar-refractivity contribution in [2.75, 3.05) is 4.90 Å². The number of anilines is 1. The summed E-state index contributed by atoms with van der Waals surface area (Å²) in [5.41, 5.74) is 5.13. The molecule has 2 unspecified atom stereocenters. The molecular weight excluding hydrogens is 444 g/mol. The average Bonchev–Trinajstić information content (AvgIpc) is 3.49. The average molecular weight is 469 g/mol. The monoisotopic (exact) mass is 468 g/mol. The van der Waals surface area contributed by atoms with Gasteiger partial charge in [-0.25, -0.2) is 4.79 Å². The van der Waals surface area contributed by atoms with Crippen molar-refractivity contribution in [3.63, 3.8) is 0 Å². The fourth-order valence-electron chi connectivity index (χ4n) is 4.48. The Labute approximate surface area is 203 Å². The quantitative estimate of drug-likeness (QED) is 0.374. The lowest BCUT2D eigenvalue weighted by Crippen LogP contribution is -2.30. The van der Waals surface area contributed by atoms with E-state index in [0.717, 1.165) is 29.2 Å². The number of carboxylic acids is 1. The van der Waals surface area contributed by atoms with Crippen LogP contribution in [0.5, 0.6) is 0 Å². The zero-order valence-corrected chi connectivity index (χ0v) is 19.4. The van der Waals surface area contributed by atoms with Crippen molar-refractivity contribution in [3.8, 4) is 5.69 Å². The van der Waals surface area contributed by atoms with Crippen molar-refractivity contribution in [1.82, 2.24) is 14.9 Å². The molecule has 1 fully saturated rings. The lowest BCUT2D eigenvalue weighted by atomic mass is 10.0. The predicted octanol–water partition coefficient (Wildman–Crippen LogP) is 5.31. The van der Waals surface area contributed by atoms with Gasteiger partial charge >= 0.3 is 5.97 Å². The topological polar surface area (TPSA) is 70.4 Å². The summed E-state index contributed by atoms with van der Waals surface area (Å²) in [6.45, 7) is 2.13. The molecule has 170 valence electrons. The molecule has 2 aromatic heterocycles. The van der Waals surface area contributed by atoms with Crippen LogP contribution in [0.15, 0.2) is 91.3 Å². The van der Waals surface area contributed by atoms with Crippen molar-refractivity contribution in [3.05, 3.63) is 114 Å². The third kappa shape index (κ3) is 3.95. The van der Waals surface area contributed by atoms with Gasteiger partial charge in [0, 0.05) is 29.5 Å². The number of benzene rings is 2. The number of hydrogen-bond acceptors (Lipinski definition) is 3. The third-order valence-electron chi connectivity index (χ3n) is 6.18. The second-order valence-electron chi connectivity index (χ2n) is 8.18. The van der Waals surface area contributed by atoms with E-state index in [1.165, 1.54) is 5.56 Å². The van der Waals surface area contributed by atoms with Gasteiger partial charge in [-0.05, 0) is 78.8 Å². The molecule has 2 N–H and O–H groups in total. The fourth-order valence-corrected chi connectivity index (χ4v) is 4.83. The van der Waals surface area contributed by atoms with Crippen LogP contribution in [-0.4, -0.2) is 25.7 Å². The van der Waals surface area contributed by atoms with Gasteiger partial charge in [-0.2, -0.15) is 0 Å². The number of carbonyl (C=O) groups is 1. The van der Waals surface area contributed by atoms with Crippen LogP contribution in [0.2, 0.25) is 0 Å². The van der Waals surface area contributed by atoms with Gasteiger partial charge in [0.25, 0.3) is 0 Å². The maximum absolute atomic E-state index is 11.6. The summed E-state index contributed by atoms with van der Waals surface area (Å²) in [4.78, 5) is 18.3. The minimum Gasteiger partial charge on any atom is -0.478 e. The van der Waals surface area contributed by atoms with Gasteiger partial charge < -0.3 is 19.9 Å². The Kier molecular flexibility index (Phi) is 5.86. The van der Waals surface area contributed by atoms with Crippen LogP contribution in [0, 0.1) is 0 Å². The molecule has 2 atom stereocenters. The van der Waals surface area contributed by atoms with E-state index in [1.54, 1.807) is 24.4 Å². The van der Waals surface area contributed by atoms with Gasteiger partial charge in [0.2, 0.25) is 0 Å². The van der Waals surface area contributed by atoms with Gasteiger partial charge in [0.05, 0.1) is 17.3 Å².